The van der Waals surface area contributed by atoms with Gasteiger partial charge in [-0.15, -0.1) is 0 Å². The van der Waals surface area contributed by atoms with Crippen LogP contribution in [-0.2, 0) is 5.41 Å². The second-order valence-electron chi connectivity index (χ2n) is 10.5. The number of furan rings is 1. The van der Waals surface area contributed by atoms with Crippen molar-refractivity contribution in [2.24, 2.45) is 0 Å². The van der Waals surface area contributed by atoms with Gasteiger partial charge in [0.25, 0.3) is 0 Å². The van der Waals surface area contributed by atoms with Crippen molar-refractivity contribution in [1.82, 2.24) is 0 Å². The Balaban J connectivity index is 1.50. The van der Waals surface area contributed by atoms with Crippen molar-refractivity contribution in [2.75, 3.05) is 0 Å². The fourth-order valence-electron chi connectivity index (χ4n) is 6.52. The van der Waals surface area contributed by atoms with Gasteiger partial charge in [0.05, 0.1) is 0 Å². The molecular weight excluding hydrogens is 436 g/mol. The molecule has 1 heterocycles. The Morgan fingerprint density at radius 3 is 2.08 bits per heavy atom. The third kappa shape index (κ3) is 2.50. The van der Waals surface area contributed by atoms with Crippen LogP contribution in [0, 0.1) is 0 Å². The quantitative estimate of drug-likeness (QED) is 0.222. The molecule has 0 N–H and O–H groups in total. The summed E-state index contributed by atoms with van der Waals surface area (Å²) < 4.78 is 6.53. The maximum Gasteiger partial charge on any atom is 0.136 e. The van der Waals surface area contributed by atoms with E-state index in [1.54, 1.807) is 0 Å². The zero-order chi connectivity index (χ0) is 24.0. The van der Waals surface area contributed by atoms with Crippen LogP contribution in [0.3, 0.4) is 0 Å². The normalized spacial score (nSPS) is 14.1. The van der Waals surface area contributed by atoms with Crippen molar-refractivity contribution in [1.29, 1.82) is 0 Å². The minimum Gasteiger partial charge on any atom is -0.456 e. The van der Waals surface area contributed by atoms with Crippen LogP contribution in [0.5, 0.6) is 0 Å². The Hall–Kier alpha value is -4.36. The van der Waals surface area contributed by atoms with Crippen molar-refractivity contribution < 1.29 is 4.42 Å². The van der Waals surface area contributed by atoms with Gasteiger partial charge in [-0.2, -0.15) is 0 Å². The van der Waals surface area contributed by atoms with Crippen LogP contribution < -0.4 is 0 Å². The first-order chi connectivity index (χ1) is 17.6. The fraction of sp³-hybridized carbons (Fsp3) is 0.0857. The second kappa shape index (κ2) is 6.86. The molecule has 0 unspecified atom stereocenters. The molecule has 0 radical (unpaired) electrons. The van der Waals surface area contributed by atoms with E-state index in [4.69, 9.17) is 4.42 Å². The van der Waals surface area contributed by atoms with Crippen molar-refractivity contribution in [3.63, 3.8) is 0 Å². The molecule has 6 aromatic carbocycles. The van der Waals surface area contributed by atoms with Gasteiger partial charge in [-0.1, -0.05) is 98.8 Å². The van der Waals surface area contributed by atoms with Crippen LogP contribution in [0.1, 0.15) is 25.0 Å². The average Bonchev–Trinajstić information content (AvgIpc) is 3.39. The van der Waals surface area contributed by atoms with Gasteiger partial charge in [0.2, 0.25) is 0 Å². The van der Waals surface area contributed by atoms with Gasteiger partial charge in [-0.25, -0.2) is 0 Å². The predicted octanol–water partition coefficient (Wildman–Crippen LogP) is 9.87. The highest BCUT2D eigenvalue weighted by molar-refractivity contribution is 6.20. The van der Waals surface area contributed by atoms with Crippen molar-refractivity contribution in [2.45, 2.75) is 19.3 Å². The summed E-state index contributed by atoms with van der Waals surface area (Å²) in [5, 5.41) is 7.48. The summed E-state index contributed by atoms with van der Waals surface area (Å²) in [6.07, 6.45) is 0. The molecule has 0 saturated carbocycles. The lowest BCUT2D eigenvalue weighted by Gasteiger charge is -2.21. The SMILES string of the molecule is CC1(C)c2ccccc2-c2cc3c(cc21)oc1cccc(-c2cc4ccccc4c4ccccc24)c13. The lowest BCUT2D eigenvalue weighted by molar-refractivity contribution is 0.647. The minimum atomic E-state index is -0.0452. The fourth-order valence-corrected chi connectivity index (χ4v) is 6.52. The van der Waals surface area contributed by atoms with E-state index < -0.39 is 0 Å². The smallest absolute Gasteiger partial charge is 0.136 e. The van der Waals surface area contributed by atoms with Gasteiger partial charge in [-0.05, 0) is 79.2 Å². The summed E-state index contributed by atoms with van der Waals surface area (Å²) in [7, 11) is 0. The monoisotopic (exact) mass is 460 g/mol. The molecule has 36 heavy (non-hydrogen) atoms. The number of benzene rings is 6. The van der Waals surface area contributed by atoms with E-state index >= 15 is 0 Å². The molecule has 0 saturated heterocycles. The Morgan fingerprint density at radius 2 is 1.19 bits per heavy atom. The summed E-state index contributed by atoms with van der Waals surface area (Å²) in [6.45, 7) is 4.64. The zero-order valence-corrected chi connectivity index (χ0v) is 20.3. The molecule has 0 amide bonds. The van der Waals surface area contributed by atoms with Gasteiger partial charge in [0, 0.05) is 16.2 Å². The largest absolute Gasteiger partial charge is 0.456 e. The number of hydrogen-bond donors (Lipinski definition) is 0. The molecule has 170 valence electrons. The molecule has 0 spiro atoms. The Labute approximate surface area is 209 Å². The molecule has 0 bridgehead atoms. The molecule has 7 aromatic rings. The number of hydrogen-bond acceptors (Lipinski definition) is 1. The van der Waals surface area contributed by atoms with Gasteiger partial charge in [-0.3, -0.25) is 0 Å². The summed E-state index contributed by atoms with van der Waals surface area (Å²) in [6, 6.07) is 39.7. The average molecular weight is 461 g/mol. The van der Waals surface area contributed by atoms with Crippen molar-refractivity contribution >= 4 is 43.5 Å². The first-order valence-electron chi connectivity index (χ1n) is 12.6. The Kier molecular flexibility index (Phi) is 3.79. The van der Waals surface area contributed by atoms with Crippen molar-refractivity contribution in [3.05, 3.63) is 120 Å². The lowest BCUT2D eigenvalue weighted by atomic mass is 9.82. The van der Waals surface area contributed by atoms with Gasteiger partial charge < -0.3 is 4.42 Å². The van der Waals surface area contributed by atoms with Crippen LogP contribution in [0.2, 0.25) is 0 Å². The van der Waals surface area contributed by atoms with Crippen LogP contribution in [-0.4, -0.2) is 0 Å². The maximum absolute atomic E-state index is 6.53. The van der Waals surface area contributed by atoms with Gasteiger partial charge in [0.15, 0.2) is 0 Å². The molecule has 1 aliphatic rings. The second-order valence-corrected chi connectivity index (χ2v) is 10.5. The topological polar surface area (TPSA) is 13.1 Å². The van der Waals surface area contributed by atoms with E-state index in [0.717, 1.165) is 11.2 Å². The molecule has 8 rings (SSSR count). The van der Waals surface area contributed by atoms with E-state index in [-0.39, 0.29) is 5.41 Å². The van der Waals surface area contributed by atoms with E-state index in [9.17, 15) is 0 Å². The standard InChI is InChI=1S/C35H24O/c1-35(2)30-16-8-7-14-25(30)28-19-29-33(20-31(28)35)36-32-17-9-15-26(34(29)32)27-18-21-10-3-4-11-22(21)23-12-5-6-13-24(23)27/h3-20H,1-2H3. The van der Waals surface area contributed by atoms with E-state index in [0.29, 0.717) is 0 Å². The molecule has 1 aliphatic carbocycles. The molecule has 0 aliphatic heterocycles. The van der Waals surface area contributed by atoms with Crippen molar-refractivity contribution in [3.8, 4) is 22.3 Å². The summed E-state index contributed by atoms with van der Waals surface area (Å²) in [4.78, 5) is 0. The number of fused-ring (bicyclic) bond motifs is 9. The molecule has 0 atom stereocenters. The highest BCUT2D eigenvalue weighted by atomic mass is 16.3. The third-order valence-corrected chi connectivity index (χ3v) is 8.26. The predicted molar refractivity (Wildman–Crippen MR) is 152 cm³/mol. The Bertz CT molecular complexity index is 2020. The molecular formula is C35H24O. The maximum atomic E-state index is 6.53. The Morgan fingerprint density at radius 1 is 0.472 bits per heavy atom. The zero-order valence-electron chi connectivity index (χ0n) is 20.3. The summed E-state index contributed by atoms with van der Waals surface area (Å²) >= 11 is 0. The highest BCUT2D eigenvalue weighted by Crippen LogP contribution is 2.51. The number of rotatable bonds is 1. The molecule has 1 heteroatoms. The lowest BCUT2D eigenvalue weighted by Crippen LogP contribution is -2.14. The van der Waals surface area contributed by atoms with E-state index in [1.807, 2.05) is 0 Å². The first kappa shape index (κ1) is 19.9. The highest BCUT2D eigenvalue weighted by Gasteiger charge is 2.36. The minimum absolute atomic E-state index is 0.0452. The van der Waals surface area contributed by atoms with Gasteiger partial charge >= 0.3 is 0 Å². The summed E-state index contributed by atoms with van der Waals surface area (Å²) in [5.74, 6) is 0. The molecule has 0 fully saturated rings. The summed E-state index contributed by atoms with van der Waals surface area (Å²) in [5.41, 5.74) is 9.71. The third-order valence-electron chi connectivity index (χ3n) is 8.26. The molecule has 1 aromatic heterocycles. The van der Waals surface area contributed by atoms with Crippen LogP contribution in [0.15, 0.2) is 114 Å². The van der Waals surface area contributed by atoms with Gasteiger partial charge in [0.1, 0.15) is 11.2 Å². The van der Waals surface area contributed by atoms with Crippen LogP contribution >= 0.6 is 0 Å². The van der Waals surface area contributed by atoms with E-state index in [2.05, 4.69) is 123 Å². The van der Waals surface area contributed by atoms with Crippen LogP contribution in [0.25, 0.3) is 65.7 Å². The first-order valence-corrected chi connectivity index (χ1v) is 12.6. The van der Waals surface area contributed by atoms with E-state index in [1.165, 1.54) is 65.7 Å². The van der Waals surface area contributed by atoms with Crippen LogP contribution in [0.4, 0.5) is 0 Å². The molecule has 1 nitrogen and oxygen atoms in total.